The Hall–Kier alpha value is -3.52. The zero-order valence-electron chi connectivity index (χ0n) is 22.4. The first-order valence-electron chi connectivity index (χ1n) is 13.1. The number of anilines is 3. The van der Waals surface area contributed by atoms with Crippen LogP contribution in [0.5, 0.6) is 5.75 Å². The number of amides is 1. The lowest BCUT2D eigenvalue weighted by Crippen LogP contribution is -2.37. The third-order valence-electron chi connectivity index (χ3n) is 7.39. The molecule has 0 spiro atoms. The van der Waals surface area contributed by atoms with E-state index in [1.165, 1.54) is 41.8 Å². The van der Waals surface area contributed by atoms with Crippen LogP contribution in [0.1, 0.15) is 55.1 Å². The number of carbonyl (C=O) groups is 1. The Kier molecular flexibility index (Phi) is 6.63. The lowest BCUT2D eigenvalue weighted by Gasteiger charge is -2.30. The van der Waals surface area contributed by atoms with Crippen molar-refractivity contribution in [3.63, 3.8) is 0 Å². The van der Waals surface area contributed by atoms with Gasteiger partial charge in [0.05, 0.1) is 11.9 Å². The minimum absolute atomic E-state index is 0.0482. The molecule has 5 rings (SSSR count). The minimum Gasteiger partial charge on any atom is -0.506 e. The van der Waals surface area contributed by atoms with Gasteiger partial charge in [-0.1, -0.05) is 45.0 Å². The van der Waals surface area contributed by atoms with Crippen LogP contribution in [0.4, 0.5) is 17.1 Å². The molecule has 2 heterocycles. The van der Waals surface area contributed by atoms with Crippen molar-refractivity contribution in [2.45, 2.75) is 45.4 Å². The van der Waals surface area contributed by atoms with Crippen LogP contribution >= 0.6 is 0 Å². The number of fused-ring (bicyclic) bond motifs is 1. The van der Waals surface area contributed by atoms with Crippen molar-refractivity contribution in [1.82, 2.24) is 0 Å². The molecule has 0 radical (unpaired) electrons. The number of phenolic OH excluding ortho intramolecular Hbond substituents is 1. The van der Waals surface area contributed by atoms with Crippen LogP contribution in [0, 0.1) is 0 Å². The number of nitrogens with zero attached hydrogens (tertiary/aromatic N) is 2. The van der Waals surface area contributed by atoms with E-state index in [1.54, 1.807) is 11.0 Å². The summed E-state index contributed by atoms with van der Waals surface area (Å²) in [6.07, 6.45) is 4.09. The van der Waals surface area contributed by atoms with Gasteiger partial charge in [0.25, 0.3) is 5.91 Å². The van der Waals surface area contributed by atoms with Crippen LogP contribution < -0.4 is 14.5 Å². The van der Waals surface area contributed by atoms with Gasteiger partial charge in [0, 0.05) is 42.1 Å². The second-order valence-electron chi connectivity index (χ2n) is 11.3. The van der Waals surface area contributed by atoms with Crippen molar-refractivity contribution in [2.24, 2.45) is 0 Å². The molecule has 8 heteroatoms. The van der Waals surface area contributed by atoms with E-state index in [4.69, 9.17) is 0 Å². The van der Waals surface area contributed by atoms with Crippen LogP contribution in [0.15, 0.2) is 54.6 Å². The number of benzene rings is 3. The Morgan fingerprint density at radius 1 is 0.895 bits per heavy atom. The van der Waals surface area contributed by atoms with E-state index in [0.29, 0.717) is 24.2 Å². The number of nitrogens with one attached hydrogen (secondary N) is 1. The summed E-state index contributed by atoms with van der Waals surface area (Å²) >= 11 is 0. The fourth-order valence-corrected chi connectivity index (χ4v) is 5.90. The molecule has 7 nitrogen and oxygen atoms in total. The quantitative estimate of drug-likeness (QED) is 0.421. The van der Waals surface area contributed by atoms with Crippen LogP contribution in [0.3, 0.4) is 0 Å². The summed E-state index contributed by atoms with van der Waals surface area (Å²) in [5.41, 5.74) is 7.14. The Labute approximate surface area is 225 Å². The molecule has 0 saturated carbocycles. The highest BCUT2D eigenvalue weighted by Crippen LogP contribution is 2.39. The summed E-state index contributed by atoms with van der Waals surface area (Å²) in [5.74, 6) is -0.336. The van der Waals surface area contributed by atoms with E-state index in [0.717, 1.165) is 30.5 Å². The van der Waals surface area contributed by atoms with Crippen molar-refractivity contribution in [2.75, 3.05) is 40.4 Å². The molecule has 1 amide bonds. The molecule has 0 unspecified atom stereocenters. The molecular weight excluding hydrogens is 498 g/mol. The van der Waals surface area contributed by atoms with Gasteiger partial charge in [-0.05, 0) is 71.7 Å². The van der Waals surface area contributed by atoms with Gasteiger partial charge >= 0.3 is 0 Å². The number of carbonyl (C=O) groups excluding carboxylic acids is 1. The number of hydrogen-bond acceptors (Lipinski definition) is 5. The molecule has 1 fully saturated rings. The van der Waals surface area contributed by atoms with Gasteiger partial charge in [-0.3, -0.25) is 9.52 Å². The average Bonchev–Trinajstić information content (AvgIpc) is 3.39. The fourth-order valence-electron chi connectivity index (χ4n) is 5.34. The Morgan fingerprint density at radius 3 is 2.29 bits per heavy atom. The van der Waals surface area contributed by atoms with Gasteiger partial charge in [-0.15, -0.1) is 0 Å². The monoisotopic (exact) mass is 533 g/mol. The summed E-state index contributed by atoms with van der Waals surface area (Å²) in [6, 6.07) is 17.4. The van der Waals surface area contributed by atoms with E-state index in [2.05, 4.69) is 54.7 Å². The summed E-state index contributed by atoms with van der Waals surface area (Å²) in [7, 11) is -3.58. The van der Waals surface area contributed by atoms with Gasteiger partial charge in [-0.25, -0.2) is 8.42 Å². The normalized spacial score (nSPS) is 16.1. The highest BCUT2D eigenvalue weighted by Gasteiger charge is 2.28. The molecule has 0 aliphatic carbocycles. The lowest BCUT2D eigenvalue weighted by molar-refractivity contribution is 0.0980. The fraction of sp³-hybridized carbons (Fsp3) is 0.367. The maximum Gasteiger partial charge on any atom is 0.258 e. The first kappa shape index (κ1) is 26.1. The molecule has 3 aromatic carbocycles. The van der Waals surface area contributed by atoms with Crippen molar-refractivity contribution in [3.8, 4) is 16.9 Å². The molecular formula is C30H35N3O4S. The molecule has 2 N–H and O–H groups in total. The van der Waals surface area contributed by atoms with Crippen LogP contribution in [0.2, 0.25) is 0 Å². The predicted octanol–water partition coefficient (Wildman–Crippen LogP) is 5.53. The smallest absolute Gasteiger partial charge is 0.258 e. The zero-order valence-corrected chi connectivity index (χ0v) is 23.2. The number of rotatable bonds is 5. The first-order chi connectivity index (χ1) is 17.9. The van der Waals surface area contributed by atoms with Gasteiger partial charge in [0.2, 0.25) is 10.0 Å². The maximum atomic E-state index is 13.5. The largest absolute Gasteiger partial charge is 0.506 e. The van der Waals surface area contributed by atoms with E-state index in [-0.39, 0.29) is 22.8 Å². The second-order valence-corrected chi connectivity index (χ2v) is 13.1. The summed E-state index contributed by atoms with van der Waals surface area (Å²) in [5, 5.41) is 10.1. The topological polar surface area (TPSA) is 90.0 Å². The maximum absolute atomic E-state index is 13.5. The van der Waals surface area contributed by atoms with Gasteiger partial charge in [0.15, 0.2) is 0 Å². The number of sulfonamides is 1. The highest BCUT2D eigenvalue weighted by atomic mass is 32.2. The molecule has 0 atom stereocenters. The third kappa shape index (κ3) is 5.23. The number of aromatic hydroxyl groups is 1. The number of phenols is 1. The van der Waals surface area contributed by atoms with E-state index >= 15 is 0 Å². The van der Waals surface area contributed by atoms with Crippen molar-refractivity contribution in [3.05, 3.63) is 71.3 Å². The van der Waals surface area contributed by atoms with Crippen molar-refractivity contribution < 1.29 is 18.3 Å². The van der Waals surface area contributed by atoms with E-state index < -0.39 is 10.0 Å². The molecule has 0 bridgehead atoms. The van der Waals surface area contributed by atoms with Gasteiger partial charge < -0.3 is 14.9 Å². The zero-order chi connectivity index (χ0) is 27.2. The number of hydrogen-bond donors (Lipinski definition) is 2. The average molecular weight is 534 g/mol. The van der Waals surface area contributed by atoms with Crippen LogP contribution in [0.25, 0.3) is 11.1 Å². The standard InChI is InChI=1S/C30H35N3O4S/c1-30(2,3)22-8-11-24(27(18-22)32-14-5-6-15-32)20-7-10-25-21(17-20)13-16-33(29(25)35)23-9-12-28(34)26(19-23)31-38(4,36)37/h7-12,17-19,31,34H,5-6,13-16H2,1-4H3. The SMILES string of the molecule is CC(C)(C)c1ccc(-c2ccc3c(c2)CCN(c2ccc(O)c(NS(C)(=O)=O)c2)C3=O)c(N2CCCC2)c1. The van der Waals surface area contributed by atoms with Crippen molar-refractivity contribution in [1.29, 1.82) is 0 Å². The first-order valence-corrected chi connectivity index (χ1v) is 15.0. The van der Waals surface area contributed by atoms with Gasteiger partial charge in [-0.2, -0.15) is 0 Å². The highest BCUT2D eigenvalue weighted by molar-refractivity contribution is 7.92. The molecule has 38 heavy (non-hydrogen) atoms. The van der Waals surface area contributed by atoms with Crippen molar-refractivity contribution >= 4 is 33.0 Å². The van der Waals surface area contributed by atoms with E-state index in [9.17, 15) is 18.3 Å². The molecule has 2 aliphatic rings. The molecule has 2 aliphatic heterocycles. The molecule has 1 saturated heterocycles. The van der Waals surface area contributed by atoms with Gasteiger partial charge in [0.1, 0.15) is 5.75 Å². The minimum atomic E-state index is -3.58. The Balaban J connectivity index is 1.48. The third-order valence-corrected chi connectivity index (χ3v) is 7.98. The Morgan fingerprint density at radius 2 is 1.61 bits per heavy atom. The summed E-state index contributed by atoms with van der Waals surface area (Å²) in [6.45, 7) is 9.28. The summed E-state index contributed by atoms with van der Waals surface area (Å²) < 4.78 is 25.7. The van der Waals surface area contributed by atoms with Crippen LogP contribution in [-0.2, 0) is 21.9 Å². The second kappa shape index (κ2) is 9.66. The van der Waals surface area contributed by atoms with E-state index in [1.807, 2.05) is 12.1 Å². The molecule has 3 aromatic rings. The molecule has 200 valence electrons. The van der Waals surface area contributed by atoms with Crippen LogP contribution in [-0.4, -0.2) is 45.3 Å². The predicted molar refractivity (Wildman–Crippen MR) is 154 cm³/mol. The lowest BCUT2D eigenvalue weighted by atomic mass is 9.85. The Bertz CT molecular complexity index is 1500. The summed E-state index contributed by atoms with van der Waals surface area (Å²) in [4.78, 5) is 17.6. The molecule has 0 aromatic heterocycles.